The van der Waals surface area contributed by atoms with Crippen molar-refractivity contribution in [2.75, 3.05) is 13.7 Å². The Morgan fingerprint density at radius 2 is 1.86 bits per heavy atom. The van der Waals surface area contributed by atoms with Gasteiger partial charge in [-0.15, -0.1) is 0 Å². The summed E-state index contributed by atoms with van der Waals surface area (Å²) in [6.45, 7) is 2.91. The molecule has 0 aromatic carbocycles. The largest absolute Gasteiger partial charge is 0.377 e. The van der Waals surface area contributed by atoms with Gasteiger partial charge in [0.25, 0.3) is 5.91 Å². The van der Waals surface area contributed by atoms with Crippen LogP contribution in [0.25, 0.3) is 0 Å². The normalized spacial score (nSPS) is 10.5. The molecule has 0 fully saturated rings. The lowest BCUT2D eigenvalue weighted by atomic mass is 10.1. The summed E-state index contributed by atoms with van der Waals surface area (Å²) in [6, 6.07) is 1.87. The zero-order valence-electron chi connectivity index (χ0n) is 12.9. The van der Waals surface area contributed by atoms with Crippen molar-refractivity contribution in [3.8, 4) is 0 Å². The van der Waals surface area contributed by atoms with Crippen LogP contribution in [0, 0.1) is 0 Å². The number of rotatable bonds is 7. The van der Waals surface area contributed by atoms with E-state index < -0.39 is 0 Å². The molecule has 0 radical (unpaired) electrons. The Morgan fingerprint density at radius 3 is 2.55 bits per heavy atom. The third-order valence-electron chi connectivity index (χ3n) is 3.13. The van der Waals surface area contributed by atoms with Crippen LogP contribution in [0.4, 0.5) is 0 Å². The number of ether oxygens (including phenoxy) is 1. The standard InChI is InChI=1S/C16H20N4O2/c1-3-18-16(21)14-6-12(7-17-10-14)4-5-13-8-19-15(11-22-2)20-9-13/h6-10H,3-5,11H2,1-2H3,(H,18,21). The molecule has 2 heterocycles. The molecule has 116 valence electrons. The predicted molar refractivity (Wildman–Crippen MR) is 82.4 cm³/mol. The fourth-order valence-electron chi connectivity index (χ4n) is 2.01. The number of pyridine rings is 1. The molecule has 0 saturated carbocycles. The first kappa shape index (κ1) is 16.0. The first-order valence-corrected chi connectivity index (χ1v) is 7.23. The van der Waals surface area contributed by atoms with Gasteiger partial charge in [-0.2, -0.15) is 0 Å². The molecule has 0 unspecified atom stereocenters. The lowest BCUT2D eigenvalue weighted by Gasteiger charge is -2.05. The summed E-state index contributed by atoms with van der Waals surface area (Å²) in [6.07, 6.45) is 8.56. The second kappa shape index (κ2) is 8.19. The highest BCUT2D eigenvalue weighted by molar-refractivity contribution is 5.93. The predicted octanol–water partition coefficient (Wildman–Crippen LogP) is 1.55. The first-order valence-electron chi connectivity index (χ1n) is 7.23. The van der Waals surface area contributed by atoms with Crippen molar-refractivity contribution in [2.24, 2.45) is 0 Å². The molecule has 1 N–H and O–H groups in total. The number of hydrogen-bond acceptors (Lipinski definition) is 5. The molecule has 6 nitrogen and oxygen atoms in total. The van der Waals surface area contributed by atoms with Gasteiger partial charge in [0.05, 0.1) is 5.56 Å². The second-order valence-electron chi connectivity index (χ2n) is 4.88. The van der Waals surface area contributed by atoms with Gasteiger partial charge in [-0.05, 0) is 37.0 Å². The summed E-state index contributed by atoms with van der Waals surface area (Å²) in [4.78, 5) is 24.4. The molecule has 2 aromatic heterocycles. The number of carbonyl (C=O) groups excluding carboxylic acids is 1. The third-order valence-corrected chi connectivity index (χ3v) is 3.13. The van der Waals surface area contributed by atoms with Gasteiger partial charge in [-0.3, -0.25) is 9.78 Å². The lowest BCUT2D eigenvalue weighted by molar-refractivity contribution is 0.0955. The summed E-state index contributed by atoms with van der Waals surface area (Å²) in [5.74, 6) is 0.579. The van der Waals surface area contributed by atoms with Crippen molar-refractivity contribution in [1.29, 1.82) is 0 Å². The Hall–Kier alpha value is -2.34. The molecule has 0 aliphatic carbocycles. The number of aryl methyl sites for hydroxylation is 2. The summed E-state index contributed by atoms with van der Waals surface area (Å²) in [5, 5.41) is 2.77. The highest BCUT2D eigenvalue weighted by Gasteiger charge is 2.06. The van der Waals surface area contributed by atoms with Gasteiger partial charge in [-0.1, -0.05) is 0 Å². The van der Waals surface area contributed by atoms with Crippen LogP contribution in [0.2, 0.25) is 0 Å². The van der Waals surface area contributed by atoms with Crippen LogP contribution in [0.3, 0.4) is 0 Å². The maximum atomic E-state index is 11.8. The molecular weight excluding hydrogens is 280 g/mol. The number of methoxy groups -OCH3 is 1. The van der Waals surface area contributed by atoms with E-state index in [-0.39, 0.29) is 5.91 Å². The van der Waals surface area contributed by atoms with E-state index in [2.05, 4.69) is 20.3 Å². The van der Waals surface area contributed by atoms with Crippen LogP contribution >= 0.6 is 0 Å². The molecule has 2 aromatic rings. The van der Waals surface area contributed by atoms with Gasteiger partial charge in [0.2, 0.25) is 0 Å². The summed E-state index contributed by atoms with van der Waals surface area (Å²) >= 11 is 0. The lowest BCUT2D eigenvalue weighted by Crippen LogP contribution is -2.22. The number of aromatic nitrogens is 3. The first-order chi connectivity index (χ1) is 10.7. The number of hydrogen-bond donors (Lipinski definition) is 1. The summed E-state index contributed by atoms with van der Waals surface area (Å²) in [7, 11) is 1.62. The van der Waals surface area contributed by atoms with E-state index in [1.54, 1.807) is 19.5 Å². The average molecular weight is 300 g/mol. The van der Waals surface area contributed by atoms with Gasteiger partial charge in [0.1, 0.15) is 6.61 Å². The van der Waals surface area contributed by atoms with Gasteiger partial charge >= 0.3 is 0 Å². The van der Waals surface area contributed by atoms with Crippen LogP contribution in [0.1, 0.15) is 34.2 Å². The van der Waals surface area contributed by atoms with Crippen molar-refractivity contribution in [1.82, 2.24) is 20.3 Å². The second-order valence-corrected chi connectivity index (χ2v) is 4.88. The Morgan fingerprint density at radius 1 is 1.14 bits per heavy atom. The highest BCUT2D eigenvalue weighted by Crippen LogP contribution is 2.08. The van der Waals surface area contributed by atoms with Crippen molar-refractivity contribution in [2.45, 2.75) is 26.4 Å². The smallest absolute Gasteiger partial charge is 0.252 e. The minimum Gasteiger partial charge on any atom is -0.377 e. The van der Waals surface area contributed by atoms with Crippen molar-refractivity contribution >= 4 is 5.91 Å². The Bertz CT molecular complexity index is 614. The molecule has 0 atom stereocenters. The van der Waals surface area contributed by atoms with Gasteiger partial charge < -0.3 is 10.1 Å². The van der Waals surface area contributed by atoms with E-state index in [1.807, 2.05) is 25.4 Å². The zero-order chi connectivity index (χ0) is 15.8. The monoisotopic (exact) mass is 300 g/mol. The molecule has 1 amide bonds. The van der Waals surface area contributed by atoms with E-state index in [0.29, 0.717) is 24.5 Å². The Labute approximate surface area is 130 Å². The molecule has 0 bridgehead atoms. The van der Waals surface area contributed by atoms with Crippen LogP contribution < -0.4 is 5.32 Å². The van der Waals surface area contributed by atoms with Crippen LogP contribution in [0.5, 0.6) is 0 Å². The number of nitrogens with one attached hydrogen (secondary N) is 1. The molecular formula is C16H20N4O2. The maximum absolute atomic E-state index is 11.8. The maximum Gasteiger partial charge on any atom is 0.252 e. The Kier molecular flexibility index (Phi) is 5.97. The van der Waals surface area contributed by atoms with E-state index in [4.69, 9.17) is 4.74 Å². The minimum atomic E-state index is -0.0934. The number of nitrogens with zero attached hydrogens (tertiary/aromatic N) is 3. The molecule has 0 spiro atoms. The third kappa shape index (κ3) is 4.60. The van der Waals surface area contributed by atoms with E-state index in [0.717, 1.165) is 24.0 Å². The summed E-state index contributed by atoms with van der Waals surface area (Å²) < 4.78 is 4.98. The molecule has 0 saturated heterocycles. The van der Waals surface area contributed by atoms with Crippen molar-refractivity contribution in [3.05, 3.63) is 53.4 Å². The van der Waals surface area contributed by atoms with Crippen LogP contribution in [-0.2, 0) is 24.2 Å². The SMILES string of the molecule is CCNC(=O)c1cncc(CCc2cnc(COC)nc2)c1. The van der Waals surface area contributed by atoms with Gasteiger partial charge in [-0.25, -0.2) is 9.97 Å². The topological polar surface area (TPSA) is 77.0 Å². The molecule has 0 aliphatic rings. The Balaban J connectivity index is 1.96. The van der Waals surface area contributed by atoms with E-state index in [9.17, 15) is 4.79 Å². The minimum absolute atomic E-state index is 0.0934. The molecule has 2 rings (SSSR count). The van der Waals surface area contributed by atoms with E-state index >= 15 is 0 Å². The fourth-order valence-corrected chi connectivity index (χ4v) is 2.01. The van der Waals surface area contributed by atoms with Crippen molar-refractivity contribution < 1.29 is 9.53 Å². The molecule has 0 aliphatic heterocycles. The molecule has 22 heavy (non-hydrogen) atoms. The average Bonchev–Trinajstić information content (AvgIpc) is 2.55. The van der Waals surface area contributed by atoms with Crippen LogP contribution in [0.15, 0.2) is 30.9 Å². The number of carbonyl (C=O) groups is 1. The van der Waals surface area contributed by atoms with Crippen molar-refractivity contribution in [3.63, 3.8) is 0 Å². The number of amides is 1. The quantitative estimate of drug-likeness (QED) is 0.839. The van der Waals surface area contributed by atoms with Crippen LogP contribution in [-0.4, -0.2) is 34.5 Å². The zero-order valence-corrected chi connectivity index (χ0v) is 12.9. The van der Waals surface area contributed by atoms with Gasteiger partial charge in [0.15, 0.2) is 5.82 Å². The fraction of sp³-hybridized carbons (Fsp3) is 0.375. The summed E-state index contributed by atoms with van der Waals surface area (Å²) in [5.41, 5.74) is 2.65. The highest BCUT2D eigenvalue weighted by atomic mass is 16.5. The molecule has 6 heteroatoms. The van der Waals surface area contributed by atoms with E-state index in [1.165, 1.54) is 0 Å². The van der Waals surface area contributed by atoms with Gasteiger partial charge in [0, 0.05) is 38.4 Å².